The number of rotatable bonds is 5. The van der Waals surface area contributed by atoms with Crippen LogP contribution in [0.5, 0.6) is 0 Å². The summed E-state index contributed by atoms with van der Waals surface area (Å²) in [7, 11) is 0. The molecule has 1 aliphatic rings. The minimum atomic E-state index is -0.107. The van der Waals surface area contributed by atoms with Gasteiger partial charge in [0, 0.05) is 24.2 Å². The van der Waals surface area contributed by atoms with Crippen LogP contribution in [-0.2, 0) is 9.59 Å². The second-order valence-electron chi connectivity index (χ2n) is 4.36. The number of amides is 2. The van der Waals surface area contributed by atoms with Crippen LogP contribution in [-0.4, -0.2) is 28.6 Å². The van der Waals surface area contributed by atoms with Gasteiger partial charge in [-0.1, -0.05) is 29.8 Å². The van der Waals surface area contributed by atoms with Crippen LogP contribution in [0.3, 0.4) is 0 Å². The quantitative estimate of drug-likeness (QED) is 0.570. The second kappa shape index (κ2) is 5.64. The first-order valence-electron chi connectivity index (χ1n) is 5.46. The van der Waals surface area contributed by atoms with Crippen LogP contribution in [0.2, 0.25) is 0 Å². The number of carbonyl (C=O) groups is 2. The summed E-state index contributed by atoms with van der Waals surface area (Å²) >= 11 is 3.39. The standard InChI is InChI=1S/C11H18BrNO2/c1-8(3-5-12)4-6-13-10(14)7-9(2)11(13)15/h8-9H,3-7H2,1-2H3. The summed E-state index contributed by atoms with van der Waals surface area (Å²) in [4.78, 5) is 24.5. The molecule has 0 saturated carbocycles. The Bertz CT molecular complexity index is 255. The molecule has 15 heavy (non-hydrogen) atoms. The molecule has 1 saturated heterocycles. The van der Waals surface area contributed by atoms with Crippen molar-refractivity contribution in [1.82, 2.24) is 4.90 Å². The lowest BCUT2D eigenvalue weighted by Crippen LogP contribution is -2.32. The lowest BCUT2D eigenvalue weighted by Gasteiger charge is -2.17. The molecule has 1 rings (SSSR count). The summed E-state index contributed by atoms with van der Waals surface area (Å²) < 4.78 is 0. The summed E-state index contributed by atoms with van der Waals surface area (Å²) in [5.74, 6) is 0.453. The van der Waals surface area contributed by atoms with Crippen molar-refractivity contribution in [2.24, 2.45) is 11.8 Å². The molecular formula is C11H18BrNO2. The minimum absolute atomic E-state index is 0.00135. The van der Waals surface area contributed by atoms with Gasteiger partial charge in [-0.15, -0.1) is 0 Å². The van der Waals surface area contributed by atoms with Crippen LogP contribution < -0.4 is 0 Å². The summed E-state index contributed by atoms with van der Waals surface area (Å²) in [5, 5.41) is 0.979. The van der Waals surface area contributed by atoms with E-state index in [-0.39, 0.29) is 17.7 Å². The minimum Gasteiger partial charge on any atom is -0.282 e. The molecule has 3 nitrogen and oxygen atoms in total. The van der Waals surface area contributed by atoms with Crippen molar-refractivity contribution >= 4 is 27.7 Å². The lowest BCUT2D eigenvalue weighted by atomic mass is 10.1. The number of halogens is 1. The third-order valence-electron chi connectivity index (χ3n) is 2.92. The number of alkyl halides is 1. The van der Waals surface area contributed by atoms with Gasteiger partial charge in [0.15, 0.2) is 0 Å². The Hall–Kier alpha value is -0.380. The largest absolute Gasteiger partial charge is 0.282 e. The van der Waals surface area contributed by atoms with Crippen LogP contribution in [0.15, 0.2) is 0 Å². The van der Waals surface area contributed by atoms with Gasteiger partial charge < -0.3 is 0 Å². The number of carbonyl (C=O) groups excluding carboxylic acids is 2. The predicted octanol–water partition coefficient (Wildman–Crippen LogP) is 2.19. The van der Waals surface area contributed by atoms with Crippen molar-refractivity contribution < 1.29 is 9.59 Å². The van der Waals surface area contributed by atoms with E-state index in [9.17, 15) is 9.59 Å². The van der Waals surface area contributed by atoms with E-state index in [2.05, 4.69) is 22.9 Å². The van der Waals surface area contributed by atoms with Gasteiger partial charge in [0.05, 0.1) is 0 Å². The zero-order valence-corrected chi connectivity index (χ0v) is 10.9. The molecule has 2 atom stereocenters. The molecule has 1 heterocycles. The highest BCUT2D eigenvalue weighted by atomic mass is 79.9. The predicted molar refractivity (Wildman–Crippen MR) is 62.7 cm³/mol. The van der Waals surface area contributed by atoms with E-state index in [1.807, 2.05) is 6.92 Å². The first kappa shape index (κ1) is 12.7. The molecule has 2 amide bonds. The Balaban J connectivity index is 2.38. The molecular weight excluding hydrogens is 258 g/mol. The first-order chi connectivity index (χ1) is 7.06. The molecule has 2 unspecified atom stereocenters. The van der Waals surface area contributed by atoms with E-state index in [0.717, 1.165) is 18.2 Å². The smallest absolute Gasteiger partial charge is 0.232 e. The molecule has 0 aromatic carbocycles. The number of hydrogen-bond donors (Lipinski definition) is 0. The molecule has 0 radical (unpaired) electrons. The van der Waals surface area contributed by atoms with Gasteiger partial charge in [0.2, 0.25) is 11.8 Å². The lowest BCUT2D eigenvalue weighted by molar-refractivity contribution is -0.139. The third kappa shape index (κ3) is 3.30. The highest BCUT2D eigenvalue weighted by molar-refractivity contribution is 9.09. The summed E-state index contributed by atoms with van der Waals surface area (Å²) in [6.45, 7) is 4.56. The van der Waals surface area contributed by atoms with Crippen LogP contribution in [0.25, 0.3) is 0 Å². The Kier molecular flexibility index (Phi) is 4.77. The van der Waals surface area contributed by atoms with Crippen molar-refractivity contribution in [2.75, 3.05) is 11.9 Å². The summed E-state index contributed by atoms with van der Waals surface area (Å²) in [6, 6.07) is 0. The van der Waals surface area contributed by atoms with Crippen LogP contribution in [0.4, 0.5) is 0 Å². The molecule has 0 aliphatic carbocycles. The highest BCUT2D eigenvalue weighted by Gasteiger charge is 2.34. The van der Waals surface area contributed by atoms with Crippen molar-refractivity contribution in [2.45, 2.75) is 33.1 Å². The molecule has 0 aromatic rings. The average molecular weight is 276 g/mol. The maximum Gasteiger partial charge on any atom is 0.232 e. The normalized spacial score (nSPS) is 23.7. The van der Waals surface area contributed by atoms with Crippen molar-refractivity contribution in [3.8, 4) is 0 Å². The average Bonchev–Trinajstić information content (AvgIpc) is 2.40. The van der Waals surface area contributed by atoms with Gasteiger partial charge in [-0.2, -0.15) is 0 Å². The maximum absolute atomic E-state index is 11.6. The van der Waals surface area contributed by atoms with Gasteiger partial charge in [0.1, 0.15) is 0 Å². The van der Waals surface area contributed by atoms with Crippen molar-refractivity contribution in [1.29, 1.82) is 0 Å². The highest BCUT2D eigenvalue weighted by Crippen LogP contribution is 2.20. The first-order valence-corrected chi connectivity index (χ1v) is 6.58. The van der Waals surface area contributed by atoms with Gasteiger partial charge >= 0.3 is 0 Å². The fraction of sp³-hybridized carbons (Fsp3) is 0.818. The zero-order valence-electron chi connectivity index (χ0n) is 9.33. The van der Waals surface area contributed by atoms with Gasteiger partial charge in [0.25, 0.3) is 0 Å². The SMILES string of the molecule is CC(CCBr)CCN1C(=O)CC(C)C1=O. The van der Waals surface area contributed by atoms with E-state index in [1.54, 1.807) is 0 Å². The van der Waals surface area contributed by atoms with E-state index in [0.29, 0.717) is 18.9 Å². The van der Waals surface area contributed by atoms with Gasteiger partial charge in [-0.25, -0.2) is 0 Å². The molecule has 0 bridgehead atoms. The van der Waals surface area contributed by atoms with Crippen LogP contribution in [0, 0.1) is 11.8 Å². The molecule has 0 aromatic heterocycles. The molecule has 1 fully saturated rings. The van der Waals surface area contributed by atoms with E-state index >= 15 is 0 Å². The Morgan fingerprint density at radius 2 is 2.13 bits per heavy atom. The van der Waals surface area contributed by atoms with E-state index < -0.39 is 0 Å². The van der Waals surface area contributed by atoms with Crippen LogP contribution >= 0.6 is 15.9 Å². The Morgan fingerprint density at radius 1 is 1.47 bits per heavy atom. The number of hydrogen-bond acceptors (Lipinski definition) is 2. The fourth-order valence-electron chi connectivity index (χ4n) is 1.76. The Morgan fingerprint density at radius 3 is 2.60 bits per heavy atom. The van der Waals surface area contributed by atoms with Crippen molar-refractivity contribution in [3.63, 3.8) is 0 Å². The van der Waals surface area contributed by atoms with Crippen LogP contribution in [0.1, 0.15) is 33.1 Å². The monoisotopic (exact) mass is 275 g/mol. The molecule has 4 heteroatoms. The topological polar surface area (TPSA) is 37.4 Å². The van der Waals surface area contributed by atoms with Gasteiger partial charge in [-0.05, 0) is 18.8 Å². The maximum atomic E-state index is 11.6. The molecule has 86 valence electrons. The number of imide groups is 1. The third-order valence-corrected chi connectivity index (χ3v) is 3.37. The van der Waals surface area contributed by atoms with E-state index in [1.165, 1.54) is 4.90 Å². The number of likely N-dealkylation sites (tertiary alicyclic amines) is 1. The summed E-state index contributed by atoms with van der Waals surface area (Å²) in [5.41, 5.74) is 0. The summed E-state index contributed by atoms with van der Waals surface area (Å²) in [6.07, 6.45) is 2.40. The molecule has 0 N–H and O–H groups in total. The van der Waals surface area contributed by atoms with Crippen molar-refractivity contribution in [3.05, 3.63) is 0 Å². The fourth-order valence-corrected chi connectivity index (χ4v) is 2.54. The Labute approximate surface area is 99.3 Å². The molecule has 0 spiro atoms. The second-order valence-corrected chi connectivity index (χ2v) is 5.15. The number of nitrogens with zero attached hydrogens (tertiary/aromatic N) is 1. The molecule has 1 aliphatic heterocycles. The van der Waals surface area contributed by atoms with E-state index in [4.69, 9.17) is 0 Å². The van der Waals surface area contributed by atoms with Gasteiger partial charge in [-0.3, -0.25) is 14.5 Å². The zero-order chi connectivity index (χ0) is 11.4.